The Balaban J connectivity index is 1.62. The Labute approximate surface area is 171 Å². The predicted molar refractivity (Wildman–Crippen MR) is 110 cm³/mol. The smallest absolute Gasteiger partial charge is 0.262 e. The number of carbonyl (C=O) groups is 3. The Hall–Kier alpha value is -2.95. The number of amides is 3. The van der Waals surface area contributed by atoms with Crippen molar-refractivity contribution in [1.29, 1.82) is 0 Å². The van der Waals surface area contributed by atoms with Crippen LogP contribution < -0.4 is 5.32 Å². The zero-order chi connectivity index (χ0) is 20.6. The molecule has 0 saturated heterocycles. The highest BCUT2D eigenvalue weighted by molar-refractivity contribution is 6.22. The van der Waals surface area contributed by atoms with Crippen LogP contribution in [0.25, 0.3) is 0 Å². The average Bonchev–Trinajstić information content (AvgIpc) is 3.17. The van der Waals surface area contributed by atoms with Crippen molar-refractivity contribution in [3.05, 3.63) is 71.3 Å². The Kier molecular flexibility index (Phi) is 4.99. The van der Waals surface area contributed by atoms with Crippen molar-refractivity contribution in [2.24, 2.45) is 5.41 Å². The molecule has 1 saturated carbocycles. The largest absolute Gasteiger partial charge is 0.352 e. The lowest BCUT2D eigenvalue weighted by atomic mass is 9.92. The number of hydrogen-bond donors (Lipinski definition) is 1. The van der Waals surface area contributed by atoms with Gasteiger partial charge in [-0.15, -0.1) is 0 Å². The molecule has 0 bridgehead atoms. The molecule has 1 aliphatic heterocycles. The molecule has 0 spiro atoms. The molecule has 1 aliphatic carbocycles. The van der Waals surface area contributed by atoms with E-state index in [0.717, 1.165) is 29.7 Å². The molecular formula is C24H26N2O3. The second kappa shape index (κ2) is 7.47. The summed E-state index contributed by atoms with van der Waals surface area (Å²) in [4.78, 5) is 40.4. The summed E-state index contributed by atoms with van der Waals surface area (Å²) in [5.41, 5.74) is 1.84. The first-order valence-electron chi connectivity index (χ1n) is 10.2. The summed E-state index contributed by atoms with van der Waals surface area (Å²) in [6.07, 6.45) is 3.17. The molecule has 29 heavy (non-hydrogen) atoms. The SMILES string of the molecule is CC1(C)CCC(NC(=O)C(Cc2ccccc2)N2C(=O)c3ccccc3C2=O)C1. The molecule has 1 heterocycles. The average molecular weight is 390 g/mol. The third-order valence-corrected chi connectivity index (χ3v) is 6.03. The number of nitrogens with one attached hydrogen (secondary N) is 1. The molecule has 1 fully saturated rings. The summed E-state index contributed by atoms with van der Waals surface area (Å²) >= 11 is 0. The van der Waals surface area contributed by atoms with Gasteiger partial charge in [0.05, 0.1) is 11.1 Å². The van der Waals surface area contributed by atoms with Crippen LogP contribution in [-0.2, 0) is 11.2 Å². The van der Waals surface area contributed by atoms with E-state index < -0.39 is 17.9 Å². The van der Waals surface area contributed by atoms with E-state index in [0.29, 0.717) is 17.5 Å². The van der Waals surface area contributed by atoms with Crippen molar-refractivity contribution >= 4 is 17.7 Å². The van der Waals surface area contributed by atoms with Gasteiger partial charge in [-0.05, 0) is 42.4 Å². The lowest BCUT2D eigenvalue weighted by Crippen LogP contribution is -2.52. The molecule has 2 atom stereocenters. The van der Waals surface area contributed by atoms with E-state index in [2.05, 4.69) is 19.2 Å². The Morgan fingerprint density at radius 3 is 2.17 bits per heavy atom. The van der Waals surface area contributed by atoms with Crippen LogP contribution in [0.2, 0.25) is 0 Å². The van der Waals surface area contributed by atoms with Gasteiger partial charge in [0.1, 0.15) is 6.04 Å². The van der Waals surface area contributed by atoms with E-state index >= 15 is 0 Å². The fourth-order valence-electron chi connectivity index (χ4n) is 4.49. The van der Waals surface area contributed by atoms with Crippen LogP contribution in [0.1, 0.15) is 59.4 Å². The number of fused-ring (bicyclic) bond motifs is 1. The Bertz CT molecular complexity index is 917. The number of benzene rings is 2. The maximum atomic E-state index is 13.3. The molecule has 4 rings (SSSR count). The van der Waals surface area contributed by atoms with Gasteiger partial charge >= 0.3 is 0 Å². The van der Waals surface area contributed by atoms with Crippen LogP contribution in [0.3, 0.4) is 0 Å². The normalized spacial score (nSPS) is 21.2. The van der Waals surface area contributed by atoms with E-state index in [9.17, 15) is 14.4 Å². The number of imide groups is 1. The van der Waals surface area contributed by atoms with Crippen molar-refractivity contribution < 1.29 is 14.4 Å². The molecule has 2 unspecified atom stereocenters. The second-order valence-corrected chi connectivity index (χ2v) is 8.84. The van der Waals surface area contributed by atoms with E-state index in [4.69, 9.17) is 0 Å². The molecule has 150 valence electrons. The fourth-order valence-corrected chi connectivity index (χ4v) is 4.49. The van der Waals surface area contributed by atoms with Crippen LogP contribution in [0.5, 0.6) is 0 Å². The highest BCUT2D eigenvalue weighted by Crippen LogP contribution is 2.37. The maximum absolute atomic E-state index is 13.3. The lowest BCUT2D eigenvalue weighted by molar-refractivity contribution is -0.125. The maximum Gasteiger partial charge on any atom is 0.262 e. The minimum atomic E-state index is -0.867. The zero-order valence-corrected chi connectivity index (χ0v) is 16.9. The van der Waals surface area contributed by atoms with Crippen molar-refractivity contribution in [3.63, 3.8) is 0 Å². The van der Waals surface area contributed by atoms with Crippen molar-refractivity contribution in [1.82, 2.24) is 10.2 Å². The number of nitrogens with zero attached hydrogens (tertiary/aromatic N) is 1. The van der Waals surface area contributed by atoms with Crippen LogP contribution in [-0.4, -0.2) is 34.7 Å². The molecule has 2 aromatic carbocycles. The van der Waals surface area contributed by atoms with Gasteiger partial charge < -0.3 is 5.32 Å². The minimum Gasteiger partial charge on any atom is -0.352 e. The summed E-state index contributed by atoms with van der Waals surface area (Å²) in [6, 6.07) is 15.5. The summed E-state index contributed by atoms with van der Waals surface area (Å²) in [5.74, 6) is -1.05. The first kappa shape index (κ1) is 19.4. The Morgan fingerprint density at radius 2 is 1.62 bits per heavy atom. The summed E-state index contributed by atoms with van der Waals surface area (Å²) < 4.78 is 0. The van der Waals surface area contributed by atoms with Crippen molar-refractivity contribution in [2.45, 2.75) is 51.6 Å². The first-order chi connectivity index (χ1) is 13.9. The molecule has 0 radical (unpaired) electrons. The van der Waals surface area contributed by atoms with Gasteiger partial charge in [-0.1, -0.05) is 56.3 Å². The molecule has 2 aliphatic rings. The van der Waals surface area contributed by atoms with E-state index in [-0.39, 0.29) is 17.4 Å². The minimum absolute atomic E-state index is 0.0750. The third-order valence-electron chi connectivity index (χ3n) is 6.03. The molecule has 3 amide bonds. The van der Waals surface area contributed by atoms with E-state index in [1.807, 2.05) is 30.3 Å². The second-order valence-electron chi connectivity index (χ2n) is 8.84. The molecule has 2 aromatic rings. The quantitative estimate of drug-likeness (QED) is 0.794. The number of hydrogen-bond acceptors (Lipinski definition) is 3. The van der Waals surface area contributed by atoms with Gasteiger partial charge in [0.25, 0.3) is 11.8 Å². The molecule has 5 nitrogen and oxygen atoms in total. The highest BCUT2D eigenvalue weighted by atomic mass is 16.2. The summed E-state index contributed by atoms with van der Waals surface area (Å²) in [5, 5.41) is 3.11. The number of rotatable bonds is 5. The fraction of sp³-hybridized carbons (Fsp3) is 0.375. The molecule has 0 aromatic heterocycles. The zero-order valence-electron chi connectivity index (χ0n) is 16.9. The van der Waals surface area contributed by atoms with Crippen LogP contribution in [0.15, 0.2) is 54.6 Å². The molecular weight excluding hydrogens is 364 g/mol. The van der Waals surface area contributed by atoms with E-state index in [1.165, 1.54) is 0 Å². The topological polar surface area (TPSA) is 66.5 Å². The van der Waals surface area contributed by atoms with Gasteiger partial charge in [0, 0.05) is 12.5 Å². The standard InChI is InChI=1S/C24H26N2O3/c1-24(2)13-12-17(15-24)25-21(27)20(14-16-8-4-3-5-9-16)26-22(28)18-10-6-7-11-19(18)23(26)29/h3-11,17,20H,12-15H2,1-2H3,(H,25,27). The monoisotopic (exact) mass is 390 g/mol. The van der Waals surface area contributed by atoms with Crippen LogP contribution >= 0.6 is 0 Å². The van der Waals surface area contributed by atoms with Gasteiger partial charge in [0.2, 0.25) is 5.91 Å². The van der Waals surface area contributed by atoms with Crippen molar-refractivity contribution in [2.75, 3.05) is 0 Å². The molecule has 1 N–H and O–H groups in total. The van der Waals surface area contributed by atoms with Gasteiger partial charge in [-0.2, -0.15) is 0 Å². The van der Waals surface area contributed by atoms with E-state index in [1.54, 1.807) is 24.3 Å². The van der Waals surface area contributed by atoms with Crippen LogP contribution in [0, 0.1) is 5.41 Å². The van der Waals surface area contributed by atoms with Gasteiger partial charge in [0.15, 0.2) is 0 Å². The first-order valence-corrected chi connectivity index (χ1v) is 10.2. The summed E-state index contributed by atoms with van der Waals surface area (Å²) in [7, 11) is 0. The predicted octanol–water partition coefficient (Wildman–Crippen LogP) is 3.59. The van der Waals surface area contributed by atoms with Crippen molar-refractivity contribution in [3.8, 4) is 0 Å². The van der Waals surface area contributed by atoms with Gasteiger partial charge in [-0.3, -0.25) is 19.3 Å². The Morgan fingerprint density at radius 1 is 1.03 bits per heavy atom. The van der Waals surface area contributed by atoms with Crippen LogP contribution in [0.4, 0.5) is 0 Å². The lowest BCUT2D eigenvalue weighted by Gasteiger charge is -2.27. The summed E-state index contributed by atoms with van der Waals surface area (Å²) in [6.45, 7) is 4.40. The van der Waals surface area contributed by atoms with Gasteiger partial charge in [-0.25, -0.2) is 0 Å². The third kappa shape index (κ3) is 3.82. The highest BCUT2D eigenvalue weighted by Gasteiger charge is 2.43. The number of carbonyl (C=O) groups excluding carboxylic acids is 3. The molecule has 5 heteroatoms.